The predicted octanol–water partition coefficient (Wildman–Crippen LogP) is 3.12. The molecule has 2 aromatic carbocycles. The van der Waals surface area contributed by atoms with Crippen molar-refractivity contribution in [3.05, 3.63) is 83.2 Å². The van der Waals surface area contributed by atoms with Crippen LogP contribution in [0.3, 0.4) is 0 Å². The Morgan fingerprint density at radius 2 is 1.62 bits per heavy atom. The predicted molar refractivity (Wildman–Crippen MR) is 102 cm³/mol. The van der Waals surface area contributed by atoms with E-state index in [1.54, 1.807) is 6.07 Å². The molecule has 0 aliphatic carbocycles. The van der Waals surface area contributed by atoms with Crippen molar-refractivity contribution in [3.8, 4) is 11.3 Å². The zero-order chi connectivity index (χ0) is 18.2. The number of hydrogen-bond acceptors (Lipinski definition) is 3. The number of rotatable bonds is 6. The molecule has 0 atom stereocenters. The van der Waals surface area contributed by atoms with Gasteiger partial charge in [-0.2, -0.15) is 5.10 Å². The number of aromatic nitrogens is 2. The van der Waals surface area contributed by atoms with E-state index in [1.807, 2.05) is 60.7 Å². The highest BCUT2D eigenvalue weighted by Gasteiger charge is 2.04. The van der Waals surface area contributed by atoms with Gasteiger partial charge in [-0.3, -0.25) is 4.79 Å². The van der Waals surface area contributed by atoms with Gasteiger partial charge in [0.25, 0.3) is 5.56 Å². The third kappa shape index (κ3) is 4.80. The topological polar surface area (TPSA) is 76.0 Å². The van der Waals surface area contributed by atoms with Crippen LogP contribution in [-0.2, 0) is 6.54 Å². The zero-order valence-corrected chi connectivity index (χ0v) is 14.3. The molecule has 2 N–H and O–H groups in total. The Labute approximate surface area is 151 Å². The number of urea groups is 1. The van der Waals surface area contributed by atoms with Crippen LogP contribution in [0.25, 0.3) is 11.3 Å². The van der Waals surface area contributed by atoms with Crippen molar-refractivity contribution in [2.24, 2.45) is 0 Å². The maximum atomic E-state index is 12.0. The van der Waals surface area contributed by atoms with Crippen LogP contribution in [0.5, 0.6) is 0 Å². The number of nitrogens with one attached hydrogen (secondary N) is 2. The lowest BCUT2D eigenvalue weighted by Crippen LogP contribution is -2.31. The molecule has 0 aliphatic rings. The number of nitrogens with zero attached hydrogens (tertiary/aromatic N) is 2. The van der Waals surface area contributed by atoms with Crippen LogP contribution in [0.4, 0.5) is 10.5 Å². The lowest BCUT2D eigenvalue weighted by molar-refractivity contribution is 0.251. The maximum Gasteiger partial charge on any atom is 0.319 e. The van der Waals surface area contributed by atoms with Gasteiger partial charge in [0, 0.05) is 30.4 Å². The van der Waals surface area contributed by atoms with E-state index in [2.05, 4.69) is 15.7 Å². The van der Waals surface area contributed by atoms with E-state index in [4.69, 9.17) is 0 Å². The minimum absolute atomic E-state index is 0.154. The van der Waals surface area contributed by atoms with Crippen molar-refractivity contribution in [1.82, 2.24) is 15.1 Å². The summed E-state index contributed by atoms with van der Waals surface area (Å²) in [7, 11) is 0. The standard InChI is InChI=1S/C20H20N4O2/c25-19-13-12-18(16-8-3-1-4-9-16)23-24(19)15-7-14-21-20(26)22-17-10-5-2-6-11-17/h1-6,8-13H,7,14-15H2,(H2,21,22,26). The molecule has 6 nitrogen and oxygen atoms in total. The Hall–Kier alpha value is -3.41. The molecular weight excluding hydrogens is 328 g/mol. The summed E-state index contributed by atoms with van der Waals surface area (Å²) in [6, 6.07) is 21.9. The van der Waals surface area contributed by atoms with Crippen LogP contribution in [0.15, 0.2) is 77.6 Å². The van der Waals surface area contributed by atoms with Crippen LogP contribution in [0.1, 0.15) is 6.42 Å². The van der Waals surface area contributed by atoms with Gasteiger partial charge < -0.3 is 10.6 Å². The molecule has 3 aromatic rings. The smallest absolute Gasteiger partial charge is 0.319 e. The van der Waals surface area contributed by atoms with Gasteiger partial charge in [-0.1, -0.05) is 48.5 Å². The number of benzene rings is 2. The first-order chi connectivity index (χ1) is 12.7. The van der Waals surface area contributed by atoms with Gasteiger partial charge in [0.15, 0.2) is 0 Å². The number of para-hydroxylation sites is 1. The summed E-state index contributed by atoms with van der Waals surface area (Å²) in [6.07, 6.45) is 0.605. The molecule has 1 heterocycles. The van der Waals surface area contributed by atoms with Gasteiger partial charge in [-0.25, -0.2) is 9.48 Å². The monoisotopic (exact) mass is 348 g/mol. The van der Waals surface area contributed by atoms with Crippen LogP contribution >= 0.6 is 0 Å². The maximum absolute atomic E-state index is 12.0. The van der Waals surface area contributed by atoms with Crippen LogP contribution in [0, 0.1) is 0 Å². The molecule has 0 spiro atoms. The van der Waals surface area contributed by atoms with Crippen LogP contribution in [-0.4, -0.2) is 22.4 Å². The normalized spacial score (nSPS) is 10.3. The lowest BCUT2D eigenvalue weighted by atomic mass is 10.1. The Kier molecular flexibility index (Phi) is 5.77. The minimum atomic E-state index is -0.269. The van der Waals surface area contributed by atoms with Crippen molar-refractivity contribution in [2.75, 3.05) is 11.9 Å². The lowest BCUT2D eigenvalue weighted by Gasteiger charge is -2.09. The van der Waals surface area contributed by atoms with E-state index in [0.717, 1.165) is 16.9 Å². The molecule has 0 saturated carbocycles. The van der Waals surface area contributed by atoms with Crippen LogP contribution < -0.4 is 16.2 Å². The fraction of sp³-hybridized carbons (Fsp3) is 0.150. The fourth-order valence-corrected chi connectivity index (χ4v) is 2.50. The molecule has 0 unspecified atom stereocenters. The number of carbonyl (C=O) groups excluding carboxylic acids is 1. The summed E-state index contributed by atoms with van der Waals surface area (Å²) in [5, 5.41) is 9.93. The molecule has 1 aromatic heterocycles. The first-order valence-electron chi connectivity index (χ1n) is 8.46. The largest absolute Gasteiger partial charge is 0.338 e. The average molecular weight is 348 g/mol. The van der Waals surface area contributed by atoms with Gasteiger partial charge in [-0.15, -0.1) is 0 Å². The van der Waals surface area contributed by atoms with Gasteiger partial charge in [-0.05, 0) is 24.6 Å². The number of anilines is 1. The molecule has 132 valence electrons. The number of carbonyl (C=O) groups is 1. The number of amides is 2. The average Bonchev–Trinajstić information content (AvgIpc) is 2.68. The second-order valence-corrected chi connectivity index (χ2v) is 5.75. The molecule has 0 fully saturated rings. The van der Waals surface area contributed by atoms with Crippen molar-refractivity contribution in [1.29, 1.82) is 0 Å². The molecule has 3 rings (SSSR count). The molecule has 2 amide bonds. The van der Waals surface area contributed by atoms with Crippen molar-refractivity contribution >= 4 is 11.7 Å². The van der Waals surface area contributed by atoms with Crippen molar-refractivity contribution < 1.29 is 4.79 Å². The Morgan fingerprint density at radius 1 is 0.923 bits per heavy atom. The molecule has 0 radical (unpaired) electrons. The van der Waals surface area contributed by atoms with Gasteiger partial charge in [0.05, 0.1) is 5.69 Å². The summed E-state index contributed by atoms with van der Waals surface area (Å²) < 4.78 is 1.43. The first kappa shape index (κ1) is 17.4. The van der Waals surface area contributed by atoms with E-state index in [-0.39, 0.29) is 11.6 Å². The van der Waals surface area contributed by atoms with Crippen LogP contribution in [0.2, 0.25) is 0 Å². The van der Waals surface area contributed by atoms with Gasteiger partial charge in [0.2, 0.25) is 0 Å². The molecular formula is C20H20N4O2. The van der Waals surface area contributed by atoms with E-state index < -0.39 is 0 Å². The SMILES string of the molecule is O=C(NCCCn1nc(-c2ccccc2)ccc1=O)Nc1ccccc1. The van der Waals surface area contributed by atoms with E-state index in [0.29, 0.717) is 19.5 Å². The highest BCUT2D eigenvalue weighted by molar-refractivity contribution is 5.89. The summed E-state index contributed by atoms with van der Waals surface area (Å²) in [4.78, 5) is 23.8. The summed E-state index contributed by atoms with van der Waals surface area (Å²) in [5.74, 6) is 0. The second-order valence-electron chi connectivity index (χ2n) is 5.75. The zero-order valence-electron chi connectivity index (χ0n) is 14.3. The highest BCUT2D eigenvalue weighted by Crippen LogP contribution is 2.13. The van der Waals surface area contributed by atoms with Gasteiger partial charge >= 0.3 is 6.03 Å². The molecule has 26 heavy (non-hydrogen) atoms. The Bertz CT molecular complexity index is 908. The molecule has 0 bridgehead atoms. The van der Waals surface area contributed by atoms with E-state index in [9.17, 15) is 9.59 Å². The van der Waals surface area contributed by atoms with Crippen molar-refractivity contribution in [3.63, 3.8) is 0 Å². The van der Waals surface area contributed by atoms with Gasteiger partial charge in [0.1, 0.15) is 0 Å². The second kappa shape index (κ2) is 8.62. The third-order valence-electron chi connectivity index (χ3n) is 3.80. The Morgan fingerprint density at radius 3 is 2.35 bits per heavy atom. The highest BCUT2D eigenvalue weighted by atomic mass is 16.2. The molecule has 0 saturated heterocycles. The molecule has 0 aliphatic heterocycles. The third-order valence-corrected chi connectivity index (χ3v) is 3.80. The molecule has 6 heteroatoms. The van der Waals surface area contributed by atoms with E-state index >= 15 is 0 Å². The Balaban J connectivity index is 1.52. The quantitative estimate of drug-likeness (QED) is 0.672. The summed E-state index contributed by atoms with van der Waals surface area (Å²) in [6.45, 7) is 0.882. The first-order valence-corrected chi connectivity index (χ1v) is 8.46. The number of hydrogen-bond donors (Lipinski definition) is 2. The fourth-order valence-electron chi connectivity index (χ4n) is 2.50. The van der Waals surface area contributed by atoms with Crippen molar-refractivity contribution in [2.45, 2.75) is 13.0 Å². The summed E-state index contributed by atoms with van der Waals surface area (Å²) >= 11 is 0. The minimum Gasteiger partial charge on any atom is -0.338 e. The summed E-state index contributed by atoms with van der Waals surface area (Å²) in [5.41, 5.74) is 2.29. The van der Waals surface area contributed by atoms with E-state index in [1.165, 1.54) is 10.7 Å². The number of aryl methyl sites for hydroxylation is 1.